The van der Waals surface area contributed by atoms with Gasteiger partial charge in [-0.2, -0.15) is 10.2 Å². The summed E-state index contributed by atoms with van der Waals surface area (Å²) in [5, 5.41) is 16.6. The lowest BCUT2D eigenvalue weighted by Gasteiger charge is -2.34. The summed E-state index contributed by atoms with van der Waals surface area (Å²) in [6, 6.07) is 8.09. The first-order valence-corrected chi connectivity index (χ1v) is 10.6. The van der Waals surface area contributed by atoms with E-state index < -0.39 is 0 Å². The Balaban J connectivity index is 1.45. The van der Waals surface area contributed by atoms with Crippen molar-refractivity contribution in [2.75, 3.05) is 61.9 Å². The van der Waals surface area contributed by atoms with Crippen LogP contribution in [-0.4, -0.2) is 67.4 Å². The molecular weight excluding hydrogens is 402 g/mol. The van der Waals surface area contributed by atoms with Gasteiger partial charge < -0.3 is 25.2 Å². The number of benzene rings is 1. The third-order valence-electron chi connectivity index (χ3n) is 5.48. The maximum absolute atomic E-state index is 9.66. The molecule has 2 N–H and O–H groups in total. The number of nitrogens with one attached hydrogen (secondary N) is 2. The maximum Gasteiger partial charge on any atom is 0.229 e. The van der Waals surface area contributed by atoms with E-state index >= 15 is 0 Å². The van der Waals surface area contributed by atoms with Crippen molar-refractivity contribution in [1.82, 2.24) is 14.9 Å². The zero-order valence-corrected chi connectivity index (χ0v) is 17.8. The molecule has 0 aliphatic carbocycles. The summed E-state index contributed by atoms with van der Waals surface area (Å²) < 4.78 is 5.63. The van der Waals surface area contributed by atoms with Crippen molar-refractivity contribution in [3.63, 3.8) is 0 Å². The van der Waals surface area contributed by atoms with Crippen LogP contribution in [0.2, 0.25) is 5.02 Å². The Morgan fingerprint density at radius 1 is 1.30 bits per heavy atom. The highest BCUT2D eigenvalue weighted by atomic mass is 35.5. The average Bonchev–Trinajstić information content (AvgIpc) is 3.28. The van der Waals surface area contributed by atoms with E-state index in [-0.39, 0.29) is 6.10 Å². The van der Waals surface area contributed by atoms with Crippen LogP contribution in [0.4, 0.5) is 23.1 Å². The minimum atomic E-state index is 0.188. The zero-order chi connectivity index (χ0) is 20.9. The molecule has 2 fully saturated rings. The van der Waals surface area contributed by atoms with Crippen LogP contribution in [0.5, 0.6) is 0 Å². The van der Waals surface area contributed by atoms with Crippen LogP contribution >= 0.6 is 11.6 Å². The molecule has 3 heterocycles. The number of nitrogens with zero attached hydrogens (tertiary/aromatic N) is 5. The lowest BCUT2D eigenvalue weighted by molar-refractivity contribution is 0.120. The van der Waals surface area contributed by atoms with Gasteiger partial charge in [-0.3, -0.25) is 0 Å². The summed E-state index contributed by atoms with van der Waals surface area (Å²) in [6.07, 6.45) is 3.88. The van der Waals surface area contributed by atoms with Gasteiger partial charge in [0.1, 0.15) is 11.1 Å². The monoisotopic (exact) mass is 427 g/mol. The molecule has 0 amide bonds. The standard InChI is InChI=1S/C21H26ClN7O/c1-28-6-8-29(9-7-28)19-5-4-16(11-15(19)12-23)26-21-25-14-18(22)20(27-21)24-13-17-3-2-10-30-17/h4-5,11,14,17H,2-3,6-10,13H2,1H3,(H2,24,25,26,27). The van der Waals surface area contributed by atoms with Crippen molar-refractivity contribution < 1.29 is 4.74 Å². The summed E-state index contributed by atoms with van der Waals surface area (Å²) in [5.41, 5.74) is 2.36. The lowest BCUT2D eigenvalue weighted by Crippen LogP contribution is -2.44. The van der Waals surface area contributed by atoms with E-state index in [0.29, 0.717) is 28.9 Å². The van der Waals surface area contributed by atoms with Gasteiger partial charge in [-0.1, -0.05) is 11.6 Å². The second kappa shape index (κ2) is 9.47. The Morgan fingerprint density at radius 2 is 2.13 bits per heavy atom. The summed E-state index contributed by atoms with van der Waals surface area (Å²) in [7, 11) is 2.12. The molecule has 2 aliphatic heterocycles. The molecule has 1 atom stereocenters. The maximum atomic E-state index is 9.66. The first kappa shape index (κ1) is 20.7. The molecule has 2 aliphatic rings. The van der Waals surface area contributed by atoms with Crippen molar-refractivity contribution in [1.29, 1.82) is 5.26 Å². The fourth-order valence-corrected chi connectivity index (χ4v) is 3.88. The van der Waals surface area contributed by atoms with Crippen LogP contribution in [0.1, 0.15) is 18.4 Å². The molecule has 8 nitrogen and oxygen atoms in total. The first-order valence-electron chi connectivity index (χ1n) is 10.2. The van der Waals surface area contributed by atoms with Crippen LogP contribution in [0.3, 0.4) is 0 Å². The number of likely N-dealkylation sites (N-methyl/N-ethyl adjacent to an activating group) is 1. The van der Waals surface area contributed by atoms with Crippen molar-refractivity contribution in [3.05, 3.63) is 35.0 Å². The van der Waals surface area contributed by atoms with Gasteiger partial charge >= 0.3 is 0 Å². The van der Waals surface area contributed by atoms with Crippen LogP contribution in [0.25, 0.3) is 0 Å². The average molecular weight is 428 g/mol. The van der Waals surface area contributed by atoms with E-state index in [1.165, 1.54) is 0 Å². The number of rotatable bonds is 6. The fraction of sp³-hybridized carbons (Fsp3) is 0.476. The van der Waals surface area contributed by atoms with E-state index in [4.69, 9.17) is 16.3 Å². The summed E-state index contributed by atoms with van der Waals surface area (Å²) >= 11 is 6.24. The predicted octanol–water partition coefficient (Wildman–Crippen LogP) is 3.09. The molecular formula is C21H26ClN7O. The Hall–Kier alpha value is -2.60. The number of nitriles is 1. The molecule has 0 radical (unpaired) electrons. The highest BCUT2D eigenvalue weighted by Crippen LogP contribution is 2.27. The number of hydrogen-bond acceptors (Lipinski definition) is 8. The molecule has 1 unspecified atom stereocenters. The van der Waals surface area contributed by atoms with E-state index in [9.17, 15) is 5.26 Å². The molecule has 0 saturated carbocycles. The SMILES string of the molecule is CN1CCN(c2ccc(Nc3ncc(Cl)c(NCC4CCCO4)n3)cc2C#N)CC1. The van der Waals surface area contributed by atoms with E-state index in [2.05, 4.69) is 43.5 Å². The van der Waals surface area contributed by atoms with Gasteiger partial charge in [0.05, 0.1) is 23.6 Å². The van der Waals surface area contributed by atoms with Crippen LogP contribution < -0.4 is 15.5 Å². The van der Waals surface area contributed by atoms with Crippen molar-refractivity contribution in [2.24, 2.45) is 0 Å². The minimum absolute atomic E-state index is 0.188. The fourth-order valence-electron chi connectivity index (χ4n) is 3.72. The Kier molecular flexibility index (Phi) is 6.53. The summed E-state index contributed by atoms with van der Waals surface area (Å²) in [5.74, 6) is 0.990. The molecule has 4 rings (SSSR count). The van der Waals surface area contributed by atoms with Crippen LogP contribution in [0.15, 0.2) is 24.4 Å². The quantitative estimate of drug-likeness (QED) is 0.726. The smallest absolute Gasteiger partial charge is 0.229 e. The van der Waals surface area contributed by atoms with Gasteiger partial charge in [0, 0.05) is 45.0 Å². The van der Waals surface area contributed by atoms with Gasteiger partial charge in [0.25, 0.3) is 0 Å². The molecule has 158 valence electrons. The molecule has 30 heavy (non-hydrogen) atoms. The molecule has 0 spiro atoms. The van der Waals surface area contributed by atoms with Crippen LogP contribution in [-0.2, 0) is 4.74 Å². The highest BCUT2D eigenvalue weighted by Gasteiger charge is 2.18. The third kappa shape index (κ3) is 4.93. The molecule has 2 saturated heterocycles. The largest absolute Gasteiger partial charge is 0.376 e. The third-order valence-corrected chi connectivity index (χ3v) is 5.76. The number of halogens is 1. The lowest BCUT2D eigenvalue weighted by atomic mass is 10.1. The minimum Gasteiger partial charge on any atom is -0.376 e. The molecule has 2 aromatic rings. The van der Waals surface area contributed by atoms with E-state index in [1.807, 2.05) is 18.2 Å². The number of ether oxygens (including phenoxy) is 1. The Labute approximate surface area is 181 Å². The molecule has 1 aromatic carbocycles. The van der Waals surface area contributed by atoms with E-state index in [0.717, 1.165) is 57.0 Å². The predicted molar refractivity (Wildman–Crippen MR) is 119 cm³/mol. The van der Waals surface area contributed by atoms with Crippen molar-refractivity contribution >= 4 is 34.7 Å². The van der Waals surface area contributed by atoms with Gasteiger partial charge in [0.2, 0.25) is 5.95 Å². The summed E-state index contributed by atoms with van der Waals surface area (Å²) in [6.45, 7) is 5.28. The number of piperazine rings is 1. The Bertz CT molecular complexity index is 918. The zero-order valence-electron chi connectivity index (χ0n) is 17.1. The van der Waals surface area contributed by atoms with Crippen LogP contribution in [0, 0.1) is 11.3 Å². The second-order valence-electron chi connectivity index (χ2n) is 7.67. The number of aromatic nitrogens is 2. The first-order chi connectivity index (χ1) is 14.6. The normalized spacial score (nSPS) is 19.5. The van der Waals surface area contributed by atoms with E-state index in [1.54, 1.807) is 6.20 Å². The molecule has 0 bridgehead atoms. The summed E-state index contributed by atoms with van der Waals surface area (Å²) in [4.78, 5) is 13.3. The van der Waals surface area contributed by atoms with Gasteiger partial charge in [0.15, 0.2) is 5.82 Å². The number of hydrogen-bond donors (Lipinski definition) is 2. The Morgan fingerprint density at radius 3 is 2.87 bits per heavy atom. The van der Waals surface area contributed by atoms with Gasteiger partial charge in [-0.15, -0.1) is 0 Å². The second-order valence-corrected chi connectivity index (χ2v) is 8.07. The van der Waals surface area contributed by atoms with Crippen molar-refractivity contribution in [3.8, 4) is 6.07 Å². The molecule has 1 aromatic heterocycles. The van der Waals surface area contributed by atoms with Gasteiger partial charge in [-0.05, 0) is 38.1 Å². The van der Waals surface area contributed by atoms with Gasteiger partial charge in [-0.25, -0.2) is 4.98 Å². The van der Waals surface area contributed by atoms with Crippen molar-refractivity contribution in [2.45, 2.75) is 18.9 Å². The highest BCUT2D eigenvalue weighted by molar-refractivity contribution is 6.32. The number of anilines is 4. The molecule has 9 heteroatoms. The topological polar surface area (TPSA) is 89.3 Å².